The minimum absolute atomic E-state index is 0.191. The predicted molar refractivity (Wildman–Crippen MR) is 134 cm³/mol. The minimum atomic E-state index is -0.862. The van der Waals surface area contributed by atoms with E-state index in [0.29, 0.717) is 12.5 Å². The van der Waals surface area contributed by atoms with Gasteiger partial charge in [-0.2, -0.15) is 12.6 Å². The van der Waals surface area contributed by atoms with Gasteiger partial charge in [0.2, 0.25) is 6.79 Å². The molecule has 178 valence electrons. The van der Waals surface area contributed by atoms with Crippen LogP contribution in [0.25, 0.3) is 0 Å². The monoisotopic (exact) mass is 491 g/mol. The number of fused-ring (bicyclic) bond motifs is 1. The molecule has 0 saturated carbocycles. The molecule has 1 heterocycles. The van der Waals surface area contributed by atoms with Gasteiger partial charge in [0.15, 0.2) is 11.5 Å². The Morgan fingerprint density at radius 1 is 1.23 bits per heavy atom. The molecule has 0 radical (unpaired) electrons. The lowest BCUT2D eigenvalue weighted by atomic mass is 10.1. The van der Waals surface area contributed by atoms with Gasteiger partial charge in [0.25, 0.3) is 0 Å². The second kappa shape index (κ2) is 16.7. The quantitative estimate of drug-likeness (QED) is 0.198. The maximum absolute atomic E-state index is 12.3. The molecule has 1 aliphatic heterocycles. The molecule has 1 aromatic rings. The molecule has 9 heteroatoms. The third-order valence-corrected chi connectivity index (χ3v) is 7.49. The van der Waals surface area contributed by atoms with E-state index in [-0.39, 0.29) is 5.25 Å². The van der Waals surface area contributed by atoms with Crippen LogP contribution in [-0.4, -0.2) is 51.1 Å². The van der Waals surface area contributed by atoms with Crippen molar-refractivity contribution in [1.29, 1.82) is 0 Å². The average Bonchev–Trinajstić information content (AvgIpc) is 3.22. The molecule has 6 nitrogen and oxygen atoms in total. The van der Waals surface area contributed by atoms with E-state index in [1.807, 2.05) is 18.2 Å². The SMILES string of the molecule is CCCCCCCCS(=O)C(C)Cc1ccc2c(c1)OCO2.CSN[C@@H](CS)C(=O)O. The van der Waals surface area contributed by atoms with E-state index in [4.69, 9.17) is 14.6 Å². The molecule has 2 rings (SSSR count). The van der Waals surface area contributed by atoms with Crippen molar-refractivity contribution in [3.8, 4) is 11.5 Å². The number of rotatable bonds is 14. The van der Waals surface area contributed by atoms with E-state index in [2.05, 4.69) is 31.2 Å². The second-order valence-corrected chi connectivity index (χ2v) is 10.4. The van der Waals surface area contributed by atoms with Crippen LogP contribution < -0.4 is 14.2 Å². The van der Waals surface area contributed by atoms with Crippen LogP contribution >= 0.6 is 24.6 Å². The molecule has 31 heavy (non-hydrogen) atoms. The van der Waals surface area contributed by atoms with E-state index in [9.17, 15) is 9.00 Å². The zero-order valence-electron chi connectivity index (χ0n) is 18.8. The molecule has 1 aliphatic rings. The number of aliphatic carboxylic acids is 1. The third-order valence-electron chi connectivity index (χ3n) is 4.85. The molecule has 0 fully saturated rings. The number of nitrogens with one attached hydrogen (secondary N) is 1. The van der Waals surface area contributed by atoms with Gasteiger partial charge in [-0.25, -0.2) is 4.72 Å². The zero-order chi connectivity index (χ0) is 23.1. The van der Waals surface area contributed by atoms with Crippen LogP contribution in [0.15, 0.2) is 18.2 Å². The summed E-state index contributed by atoms with van der Waals surface area (Å²) < 4.78 is 25.7. The van der Waals surface area contributed by atoms with Crippen molar-refractivity contribution >= 4 is 41.3 Å². The first kappa shape index (κ1) is 28.1. The number of thiol groups is 1. The number of benzene rings is 1. The van der Waals surface area contributed by atoms with Crippen LogP contribution in [0.5, 0.6) is 11.5 Å². The number of carboxylic acid groups (broad SMARTS) is 1. The van der Waals surface area contributed by atoms with Crippen molar-refractivity contribution in [2.75, 3.05) is 24.6 Å². The summed E-state index contributed by atoms with van der Waals surface area (Å²) in [5, 5.41) is 8.57. The summed E-state index contributed by atoms with van der Waals surface area (Å²) in [5.41, 5.74) is 1.17. The van der Waals surface area contributed by atoms with Crippen LogP contribution in [0.1, 0.15) is 57.9 Å². The van der Waals surface area contributed by atoms with Crippen LogP contribution in [0.3, 0.4) is 0 Å². The van der Waals surface area contributed by atoms with Crippen molar-refractivity contribution < 1.29 is 23.6 Å². The first-order valence-corrected chi connectivity index (χ1v) is 14.0. The summed E-state index contributed by atoms with van der Waals surface area (Å²) in [6, 6.07) is 5.47. The molecule has 0 amide bonds. The molecular formula is C22H37NO5S3. The Balaban J connectivity index is 0.000000452. The normalized spacial score (nSPS) is 15.0. The number of carboxylic acids is 1. The Morgan fingerprint density at radius 2 is 1.90 bits per heavy atom. The van der Waals surface area contributed by atoms with E-state index in [1.54, 1.807) is 6.26 Å². The number of ether oxygens (including phenoxy) is 2. The van der Waals surface area contributed by atoms with E-state index >= 15 is 0 Å². The van der Waals surface area contributed by atoms with Crippen molar-refractivity contribution in [2.24, 2.45) is 0 Å². The largest absolute Gasteiger partial charge is 0.480 e. The molecule has 0 aromatic heterocycles. The smallest absolute Gasteiger partial charge is 0.322 e. The minimum Gasteiger partial charge on any atom is -0.480 e. The van der Waals surface area contributed by atoms with Gasteiger partial charge in [-0.15, -0.1) is 0 Å². The van der Waals surface area contributed by atoms with Gasteiger partial charge in [-0.05, 0) is 36.8 Å². The maximum Gasteiger partial charge on any atom is 0.322 e. The van der Waals surface area contributed by atoms with Crippen molar-refractivity contribution in [2.45, 2.75) is 70.1 Å². The summed E-state index contributed by atoms with van der Waals surface area (Å²) in [5.74, 6) is 1.91. The number of unbranched alkanes of at least 4 members (excludes halogenated alkanes) is 5. The highest BCUT2D eigenvalue weighted by Gasteiger charge is 2.16. The van der Waals surface area contributed by atoms with Crippen LogP contribution in [0.2, 0.25) is 0 Å². The Hall–Kier alpha value is -0.900. The van der Waals surface area contributed by atoms with Crippen molar-refractivity contribution in [1.82, 2.24) is 4.72 Å². The number of hydrogen-bond donors (Lipinski definition) is 3. The topological polar surface area (TPSA) is 84.9 Å². The van der Waals surface area contributed by atoms with Gasteiger partial charge in [0.1, 0.15) is 6.04 Å². The second-order valence-electron chi connectivity index (χ2n) is 7.45. The summed E-state index contributed by atoms with van der Waals surface area (Å²) >= 11 is 5.12. The summed E-state index contributed by atoms with van der Waals surface area (Å²) in [6.07, 6.45) is 10.1. The molecule has 0 spiro atoms. The first-order chi connectivity index (χ1) is 14.9. The van der Waals surface area contributed by atoms with Crippen LogP contribution in [0.4, 0.5) is 0 Å². The van der Waals surface area contributed by atoms with E-state index < -0.39 is 22.8 Å². The lowest BCUT2D eigenvalue weighted by Crippen LogP contribution is -2.33. The Labute approximate surface area is 199 Å². The lowest BCUT2D eigenvalue weighted by molar-refractivity contribution is -0.138. The fourth-order valence-corrected chi connectivity index (χ4v) is 5.14. The standard InChI is InChI=1S/C18H28O3S.C4H9NO2S2/c1-3-4-5-6-7-8-11-22(19)15(2)12-16-9-10-17-18(13-16)21-14-20-17;1-9-5-3(2-8)4(6)7/h9-10,13,15H,3-8,11-12,14H2,1-2H3;3,5,8H,2H2,1H3,(H,6,7)/t;3-/m.0/s1. The lowest BCUT2D eigenvalue weighted by Gasteiger charge is -2.12. The van der Waals surface area contributed by atoms with Crippen LogP contribution in [-0.2, 0) is 22.0 Å². The van der Waals surface area contributed by atoms with Crippen molar-refractivity contribution in [3.63, 3.8) is 0 Å². The zero-order valence-corrected chi connectivity index (χ0v) is 21.3. The predicted octanol–water partition coefficient (Wildman–Crippen LogP) is 4.69. The molecule has 0 saturated heterocycles. The molecule has 2 unspecified atom stereocenters. The fraction of sp³-hybridized carbons (Fsp3) is 0.682. The average molecular weight is 492 g/mol. The van der Waals surface area contributed by atoms with Gasteiger partial charge >= 0.3 is 5.97 Å². The third kappa shape index (κ3) is 11.5. The van der Waals surface area contributed by atoms with Gasteiger partial charge in [0, 0.05) is 27.6 Å². The summed E-state index contributed by atoms with van der Waals surface area (Å²) in [6.45, 7) is 4.61. The molecule has 0 aliphatic carbocycles. The molecule has 0 bridgehead atoms. The highest BCUT2D eigenvalue weighted by molar-refractivity contribution is 7.96. The molecule has 3 atom stereocenters. The van der Waals surface area contributed by atoms with Crippen molar-refractivity contribution in [3.05, 3.63) is 23.8 Å². The Morgan fingerprint density at radius 3 is 2.52 bits per heavy atom. The van der Waals surface area contributed by atoms with Gasteiger partial charge in [0.05, 0.1) is 0 Å². The first-order valence-electron chi connectivity index (χ1n) is 10.8. The number of hydrogen-bond acceptors (Lipinski definition) is 7. The number of carbonyl (C=O) groups is 1. The Kier molecular flexibility index (Phi) is 15.2. The van der Waals surface area contributed by atoms with Gasteiger partial charge in [-0.1, -0.05) is 64.0 Å². The van der Waals surface area contributed by atoms with E-state index in [1.165, 1.54) is 49.6 Å². The Bertz CT molecular complexity index is 675. The molecular weight excluding hydrogens is 454 g/mol. The van der Waals surface area contributed by atoms with Gasteiger partial charge < -0.3 is 14.6 Å². The molecule has 1 aromatic carbocycles. The molecule has 2 N–H and O–H groups in total. The van der Waals surface area contributed by atoms with E-state index in [0.717, 1.165) is 30.1 Å². The van der Waals surface area contributed by atoms with Gasteiger partial charge in [-0.3, -0.25) is 9.00 Å². The summed E-state index contributed by atoms with van der Waals surface area (Å²) in [4.78, 5) is 10.2. The summed E-state index contributed by atoms with van der Waals surface area (Å²) in [7, 11) is -0.743. The maximum atomic E-state index is 12.3. The highest BCUT2D eigenvalue weighted by atomic mass is 32.2. The van der Waals surface area contributed by atoms with Crippen LogP contribution in [0, 0.1) is 0 Å². The fourth-order valence-electron chi connectivity index (χ4n) is 3.03. The highest BCUT2D eigenvalue weighted by Crippen LogP contribution is 2.33.